The van der Waals surface area contributed by atoms with E-state index >= 15 is 0 Å². The van der Waals surface area contributed by atoms with Crippen molar-refractivity contribution in [2.75, 3.05) is 11.9 Å². The molecule has 3 heteroatoms. The predicted octanol–water partition coefficient (Wildman–Crippen LogP) is 2.98. The lowest BCUT2D eigenvalue weighted by atomic mass is 9.81. The molecular weight excluding hydrogens is 210 g/mol. The molecule has 1 heterocycles. The molecule has 0 radical (unpaired) electrons. The van der Waals surface area contributed by atoms with Crippen molar-refractivity contribution in [1.29, 1.82) is 0 Å². The van der Waals surface area contributed by atoms with Gasteiger partial charge in [0.1, 0.15) is 0 Å². The maximum absolute atomic E-state index is 12.1. The van der Waals surface area contributed by atoms with Gasteiger partial charge in [0.05, 0.1) is 16.1 Å². The van der Waals surface area contributed by atoms with Crippen molar-refractivity contribution >= 4 is 23.2 Å². The second-order valence-electron chi connectivity index (χ2n) is 4.19. The van der Waals surface area contributed by atoms with Crippen molar-refractivity contribution in [2.45, 2.75) is 25.7 Å². The normalized spacial score (nSPS) is 24.5. The van der Waals surface area contributed by atoms with E-state index in [-0.39, 0.29) is 5.91 Å². The summed E-state index contributed by atoms with van der Waals surface area (Å²) >= 11 is 6.12. The minimum absolute atomic E-state index is 0.133. The fraction of sp³-hybridized carbons (Fsp3) is 0.417. The smallest absolute Gasteiger partial charge is 0.237 e. The lowest BCUT2D eigenvalue weighted by Gasteiger charge is -2.20. The Morgan fingerprint density at radius 1 is 1.47 bits per heavy atom. The Balaban J connectivity index is 2.71. The number of rotatable bonds is 1. The fourth-order valence-electron chi connectivity index (χ4n) is 2.23. The summed E-state index contributed by atoms with van der Waals surface area (Å²) < 4.78 is 0. The molecule has 0 aromatic heterocycles. The van der Waals surface area contributed by atoms with E-state index in [1.54, 1.807) is 11.9 Å². The Bertz CT molecular complexity index is 430. The third kappa shape index (κ3) is 1.21. The molecule has 1 aromatic rings. The maximum Gasteiger partial charge on any atom is 0.237 e. The number of hydrogen-bond acceptors (Lipinski definition) is 1. The molecule has 2 rings (SSSR count). The molecule has 0 N–H and O–H groups in total. The zero-order chi connectivity index (χ0) is 11.2. The highest BCUT2D eigenvalue weighted by atomic mass is 35.5. The first-order chi connectivity index (χ1) is 7.02. The number of anilines is 1. The molecule has 1 aromatic carbocycles. The lowest BCUT2D eigenvalue weighted by molar-refractivity contribution is -0.122. The van der Waals surface area contributed by atoms with Gasteiger partial charge in [0.15, 0.2) is 0 Å². The van der Waals surface area contributed by atoms with Gasteiger partial charge in [-0.25, -0.2) is 0 Å². The van der Waals surface area contributed by atoms with E-state index in [1.165, 1.54) is 0 Å². The Labute approximate surface area is 94.8 Å². The fourth-order valence-corrected chi connectivity index (χ4v) is 2.53. The van der Waals surface area contributed by atoms with Crippen LogP contribution >= 0.6 is 11.6 Å². The molecule has 1 unspecified atom stereocenters. The molecule has 0 aliphatic carbocycles. The van der Waals surface area contributed by atoms with Gasteiger partial charge in [0.25, 0.3) is 0 Å². The summed E-state index contributed by atoms with van der Waals surface area (Å²) in [5.41, 5.74) is 1.51. The molecule has 0 fully saturated rings. The molecule has 1 atom stereocenters. The maximum atomic E-state index is 12.1. The summed E-state index contributed by atoms with van der Waals surface area (Å²) in [5.74, 6) is 0.133. The van der Waals surface area contributed by atoms with Crippen LogP contribution in [0.5, 0.6) is 0 Å². The van der Waals surface area contributed by atoms with E-state index in [0.29, 0.717) is 5.02 Å². The van der Waals surface area contributed by atoms with Crippen LogP contribution in [0.25, 0.3) is 0 Å². The average molecular weight is 224 g/mol. The monoisotopic (exact) mass is 223 g/mol. The molecule has 15 heavy (non-hydrogen) atoms. The summed E-state index contributed by atoms with van der Waals surface area (Å²) in [6.45, 7) is 4.01. The number of nitrogens with zero attached hydrogens (tertiary/aromatic N) is 1. The van der Waals surface area contributed by atoms with Crippen LogP contribution in [0.2, 0.25) is 5.02 Å². The molecule has 0 bridgehead atoms. The van der Waals surface area contributed by atoms with Crippen LogP contribution in [0.1, 0.15) is 25.8 Å². The topological polar surface area (TPSA) is 20.3 Å². The number of likely N-dealkylation sites (N-methyl/N-ethyl adjacent to an activating group) is 1. The van der Waals surface area contributed by atoms with Gasteiger partial charge in [-0.3, -0.25) is 4.79 Å². The molecule has 0 saturated heterocycles. The number of carbonyl (C=O) groups excluding carboxylic acids is 1. The zero-order valence-corrected chi connectivity index (χ0v) is 9.93. The van der Waals surface area contributed by atoms with Crippen molar-refractivity contribution < 1.29 is 4.79 Å². The van der Waals surface area contributed by atoms with E-state index in [1.807, 2.05) is 32.0 Å². The van der Waals surface area contributed by atoms with Gasteiger partial charge in [-0.2, -0.15) is 0 Å². The first-order valence-electron chi connectivity index (χ1n) is 5.09. The lowest BCUT2D eigenvalue weighted by Crippen LogP contribution is -2.35. The summed E-state index contributed by atoms with van der Waals surface area (Å²) in [4.78, 5) is 13.8. The Morgan fingerprint density at radius 2 is 2.13 bits per heavy atom. The molecule has 1 aliphatic rings. The minimum Gasteiger partial charge on any atom is -0.313 e. The highest BCUT2D eigenvalue weighted by Crippen LogP contribution is 2.46. The molecule has 1 amide bonds. The summed E-state index contributed by atoms with van der Waals surface area (Å²) in [6.07, 6.45) is 0.795. The summed E-state index contributed by atoms with van der Waals surface area (Å²) in [6, 6.07) is 5.72. The van der Waals surface area contributed by atoms with Crippen molar-refractivity contribution in [1.82, 2.24) is 0 Å². The van der Waals surface area contributed by atoms with Gasteiger partial charge < -0.3 is 4.90 Å². The second kappa shape index (κ2) is 3.24. The molecule has 1 aliphatic heterocycles. The third-order valence-corrected chi connectivity index (χ3v) is 3.71. The first-order valence-corrected chi connectivity index (χ1v) is 5.47. The second-order valence-corrected chi connectivity index (χ2v) is 4.59. The highest BCUT2D eigenvalue weighted by Gasteiger charge is 2.45. The SMILES string of the molecule is CCC1(C)C(=O)N(C)c2c(Cl)cccc21. The van der Waals surface area contributed by atoms with E-state index in [9.17, 15) is 4.79 Å². The Hall–Kier alpha value is -1.02. The molecule has 80 valence electrons. The zero-order valence-electron chi connectivity index (χ0n) is 9.17. The van der Waals surface area contributed by atoms with Crippen molar-refractivity contribution in [2.24, 2.45) is 0 Å². The van der Waals surface area contributed by atoms with E-state index in [0.717, 1.165) is 17.7 Å². The van der Waals surface area contributed by atoms with Gasteiger partial charge in [0.2, 0.25) is 5.91 Å². The van der Waals surface area contributed by atoms with Crippen LogP contribution in [0, 0.1) is 0 Å². The molecule has 0 spiro atoms. The Morgan fingerprint density at radius 3 is 2.73 bits per heavy atom. The quantitative estimate of drug-likeness (QED) is 0.717. The van der Waals surface area contributed by atoms with Gasteiger partial charge in [0, 0.05) is 7.05 Å². The van der Waals surface area contributed by atoms with Crippen LogP contribution < -0.4 is 4.90 Å². The number of benzene rings is 1. The number of amides is 1. The number of carbonyl (C=O) groups is 1. The van der Waals surface area contributed by atoms with Crippen LogP contribution in [0.4, 0.5) is 5.69 Å². The van der Waals surface area contributed by atoms with E-state index < -0.39 is 5.41 Å². The standard InChI is InChI=1S/C12H14ClNO/c1-4-12(2)8-6-5-7-9(13)10(8)14(3)11(12)15/h5-7H,4H2,1-3H3. The Kier molecular flexibility index (Phi) is 2.27. The van der Waals surface area contributed by atoms with Gasteiger partial charge in [-0.15, -0.1) is 0 Å². The summed E-state index contributed by atoms with van der Waals surface area (Å²) in [5, 5.41) is 0.653. The van der Waals surface area contributed by atoms with Crippen LogP contribution in [-0.2, 0) is 10.2 Å². The van der Waals surface area contributed by atoms with Gasteiger partial charge in [-0.1, -0.05) is 30.7 Å². The van der Waals surface area contributed by atoms with Crippen LogP contribution in [0.3, 0.4) is 0 Å². The largest absolute Gasteiger partial charge is 0.313 e. The van der Waals surface area contributed by atoms with Crippen LogP contribution in [-0.4, -0.2) is 13.0 Å². The minimum atomic E-state index is -0.408. The number of para-hydroxylation sites is 1. The average Bonchev–Trinajstić information content (AvgIpc) is 2.43. The van der Waals surface area contributed by atoms with Gasteiger partial charge in [-0.05, 0) is 25.0 Å². The third-order valence-electron chi connectivity index (χ3n) is 3.40. The molecular formula is C12H14ClNO. The highest BCUT2D eigenvalue weighted by molar-refractivity contribution is 6.35. The van der Waals surface area contributed by atoms with E-state index in [2.05, 4.69) is 0 Å². The van der Waals surface area contributed by atoms with Crippen molar-refractivity contribution in [3.63, 3.8) is 0 Å². The van der Waals surface area contributed by atoms with Gasteiger partial charge >= 0.3 is 0 Å². The predicted molar refractivity (Wildman–Crippen MR) is 62.5 cm³/mol. The van der Waals surface area contributed by atoms with Crippen molar-refractivity contribution in [3.8, 4) is 0 Å². The summed E-state index contributed by atoms with van der Waals surface area (Å²) in [7, 11) is 1.79. The molecule has 2 nitrogen and oxygen atoms in total. The first kappa shape index (κ1) is 10.5. The number of halogens is 1. The number of hydrogen-bond donors (Lipinski definition) is 0. The van der Waals surface area contributed by atoms with Crippen molar-refractivity contribution in [3.05, 3.63) is 28.8 Å². The number of fused-ring (bicyclic) bond motifs is 1. The van der Waals surface area contributed by atoms with Crippen LogP contribution in [0.15, 0.2) is 18.2 Å². The molecule has 0 saturated carbocycles. The van der Waals surface area contributed by atoms with E-state index in [4.69, 9.17) is 11.6 Å².